The van der Waals surface area contributed by atoms with Gasteiger partial charge in [-0.05, 0) is 36.5 Å². The Morgan fingerprint density at radius 2 is 2.43 bits per heavy atom. The molecule has 2 aromatic rings. The normalized spacial score (nSPS) is 25.1. The van der Waals surface area contributed by atoms with Gasteiger partial charge in [0.25, 0.3) is 0 Å². The van der Waals surface area contributed by atoms with Gasteiger partial charge in [0.2, 0.25) is 5.91 Å². The van der Waals surface area contributed by atoms with Crippen molar-refractivity contribution in [3.05, 3.63) is 42.6 Å². The van der Waals surface area contributed by atoms with Crippen LogP contribution in [0.4, 0.5) is 0 Å². The molecule has 1 saturated carbocycles. The average Bonchev–Trinajstić information content (AvgIpc) is 3.15. The van der Waals surface area contributed by atoms with Gasteiger partial charge >= 0.3 is 0 Å². The molecule has 1 aliphatic rings. The highest BCUT2D eigenvalue weighted by Gasteiger charge is 2.34. The van der Waals surface area contributed by atoms with Crippen molar-refractivity contribution in [1.82, 2.24) is 15.1 Å². The molecule has 3 rings (SSSR count). The van der Waals surface area contributed by atoms with Crippen LogP contribution in [0.3, 0.4) is 0 Å². The molecule has 0 bridgehead atoms. The van der Waals surface area contributed by atoms with Crippen molar-refractivity contribution < 1.29 is 14.3 Å². The van der Waals surface area contributed by atoms with Gasteiger partial charge in [-0.2, -0.15) is 5.10 Å². The third-order valence-corrected chi connectivity index (χ3v) is 3.92. The first-order valence-corrected chi connectivity index (χ1v) is 7.16. The number of hydrogen-bond acceptors (Lipinski definition) is 4. The lowest BCUT2D eigenvalue weighted by atomic mass is 10.1. The Hall–Kier alpha value is -2.08. The molecule has 6 heteroatoms. The quantitative estimate of drug-likeness (QED) is 0.859. The minimum absolute atomic E-state index is 0.0832. The van der Waals surface area contributed by atoms with E-state index in [4.69, 9.17) is 4.42 Å². The van der Waals surface area contributed by atoms with E-state index in [1.165, 1.54) is 0 Å². The number of rotatable bonds is 5. The highest BCUT2D eigenvalue weighted by molar-refractivity contribution is 5.78. The van der Waals surface area contributed by atoms with Crippen LogP contribution in [0.25, 0.3) is 0 Å². The molecule has 2 heterocycles. The van der Waals surface area contributed by atoms with Crippen LogP contribution in [0.1, 0.15) is 18.4 Å². The monoisotopic (exact) mass is 289 g/mol. The zero-order chi connectivity index (χ0) is 14.7. The summed E-state index contributed by atoms with van der Waals surface area (Å²) in [5, 5.41) is 17.2. The smallest absolute Gasteiger partial charge is 0.224 e. The summed E-state index contributed by atoms with van der Waals surface area (Å²) in [7, 11) is 0. The lowest BCUT2D eigenvalue weighted by Crippen LogP contribution is -2.40. The molecule has 2 N–H and O–H groups in total. The molecule has 0 aliphatic heterocycles. The Morgan fingerprint density at radius 1 is 1.52 bits per heavy atom. The van der Waals surface area contributed by atoms with E-state index in [0.29, 0.717) is 12.3 Å². The number of nitrogens with one attached hydrogen (secondary N) is 1. The molecule has 1 aliphatic carbocycles. The standard InChI is InChI=1S/C15H19N3O3/c19-14-7-12(9-18-4-1-3-16-18)6-13(14)17-15(20)8-11-2-5-21-10-11/h1-5,10,12-14,19H,6-9H2,(H,17,20)/t12?,13-,14-/m1/s1. The fourth-order valence-corrected chi connectivity index (χ4v) is 2.93. The van der Waals surface area contributed by atoms with Gasteiger partial charge in [0.05, 0.1) is 31.1 Å². The largest absolute Gasteiger partial charge is 0.472 e. The fourth-order valence-electron chi connectivity index (χ4n) is 2.93. The Bertz CT molecular complexity index is 565. The van der Waals surface area contributed by atoms with Crippen LogP contribution in [0.15, 0.2) is 41.5 Å². The molecule has 0 spiro atoms. The van der Waals surface area contributed by atoms with Crippen molar-refractivity contribution in [3.63, 3.8) is 0 Å². The van der Waals surface area contributed by atoms with Gasteiger partial charge in [0, 0.05) is 18.9 Å². The Morgan fingerprint density at radius 3 is 3.14 bits per heavy atom. The molecule has 1 unspecified atom stereocenters. The Labute approximate surface area is 122 Å². The number of amides is 1. The van der Waals surface area contributed by atoms with E-state index in [0.717, 1.165) is 18.5 Å². The predicted octanol–water partition coefficient (Wildman–Crippen LogP) is 0.975. The summed E-state index contributed by atoms with van der Waals surface area (Å²) in [6.45, 7) is 0.776. The number of hydrogen-bond donors (Lipinski definition) is 2. The van der Waals surface area contributed by atoms with Gasteiger partial charge in [-0.25, -0.2) is 0 Å². The Kier molecular flexibility index (Phi) is 4.06. The number of aliphatic hydroxyl groups excluding tert-OH is 1. The van der Waals surface area contributed by atoms with E-state index in [2.05, 4.69) is 10.4 Å². The minimum Gasteiger partial charge on any atom is -0.472 e. The number of carbonyl (C=O) groups excluding carboxylic acids is 1. The highest BCUT2D eigenvalue weighted by atomic mass is 16.3. The Balaban J connectivity index is 1.50. The molecular formula is C15H19N3O3. The van der Waals surface area contributed by atoms with E-state index in [1.807, 2.05) is 16.9 Å². The molecule has 0 radical (unpaired) electrons. The summed E-state index contributed by atoms with van der Waals surface area (Å²) >= 11 is 0. The third-order valence-electron chi connectivity index (χ3n) is 3.92. The number of aromatic nitrogens is 2. The van der Waals surface area contributed by atoms with Gasteiger partial charge in [-0.3, -0.25) is 9.48 Å². The first-order valence-electron chi connectivity index (χ1n) is 7.16. The van der Waals surface area contributed by atoms with Crippen LogP contribution in [0, 0.1) is 5.92 Å². The second kappa shape index (κ2) is 6.13. The van der Waals surface area contributed by atoms with Crippen molar-refractivity contribution in [3.8, 4) is 0 Å². The molecule has 112 valence electrons. The third kappa shape index (κ3) is 3.52. The molecule has 1 fully saturated rings. The zero-order valence-corrected chi connectivity index (χ0v) is 11.7. The van der Waals surface area contributed by atoms with E-state index in [1.54, 1.807) is 24.8 Å². The maximum atomic E-state index is 12.0. The summed E-state index contributed by atoms with van der Waals surface area (Å²) in [6.07, 6.45) is 8.03. The number of furan rings is 1. The number of nitrogens with zero attached hydrogens (tertiary/aromatic N) is 2. The minimum atomic E-state index is -0.487. The lowest BCUT2D eigenvalue weighted by Gasteiger charge is -2.16. The molecular weight excluding hydrogens is 270 g/mol. The first-order chi connectivity index (χ1) is 10.2. The molecule has 6 nitrogen and oxygen atoms in total. The van der Waals surface area contributed by atoms with Crippen LogP contribution < -0.4 is 5.32 Å². The van der Waals surface area contributed by atoms with Crippen molar-refractivity contribution in [2.24, 2.45) is 5.92 Å². The summed E-state index contributed by atoms with van der Waals surface area (Å²) < 4.78 is 6.81. The van der Waals surface area contributed by atoms with Crippen LogP contribution >= 0.6 is 0 Å². The highest BCUT2D eigenvalue weighted by Crippen LogP contribution is 2.27. The summed E-state index contributed by atoms with van der Waals surface area (Å²) in [4.78, 5) is 12.0. The van der Waals surface area contributed by atoms with Crippen LogP contribution in [0.5, 0.6) is 0 Å². The maximum Gasteiger partial charge on any atom is 0.224 e. The molecule has 0 saturated heterocycles. The SMILES string of the molecule is O=C(Cc1ccoc1)N[C@@H]1CC(Cn2cccn2)C[C@H]1O. The summed E-state index contributed by atoms with van der Waals surface area (Å²) in [5.74, 6) is 0.249. The van der Waals surface area contributed by atoms with Gasteiger partial charge in [0.1, 0.15) is 0 Å². The predicted molar refractivity (Wildman–Crippen MR) is 75.3 cm³/mol. The first kappa shape index (κ1) is 13.9. The number of carbonyl (C=O) groups is 1. The van der Waals surface area contributed by atoms with E-state index in [9.17, 15) is 9.90 Å². The maximum absolute atomic E-state index is 12.0. The summed E-state index contributed by atoms with van der Waals surface area (Å²) in [6, 6.07) is 3.48. The van der Waals surface area contributed by atoms with Crippen molar-refractivity contribution in [2.75, 3.05) is 0 Å². The van der Waals surface area contributed by atoms with Gasteiger partial charge in [-0.15, -0.1) is 0 Å². The van der Waals surface area contributed by atoms with Crippen molar-refractivity contribution >= 4 is 5.91 Å². The van der Waals surface area contributed by atoms with Gasteiger partial charge in [0.15, 0.2) is 0 Å². The zero-order valence-electron chi connectivity index (χ0n) is 11.7. The van der Waals surface area contributed by atoms with Gasteiger partial charge in [-0.1, -0.05) is 0 Å². The molecule has 1 amide bonds. The topological polar surface area (TPSA) is 80.3 Å². The second-order valence-corrected chi connectivity index (χ2v) is 5.62. The van der Waals surface area contributed by atoms with Crippen LogP contribution in [-0.4, -0.2) is 32.9 Å². The molecule has 2 aromatic heterocycles. The van der Waals surface area contributed by atoms with Crippen molar-refractivity contribution in [2.45, 2.75) is 38.0 Å². The van der Waals surface area contributed by atoms with E-state index < -0.39 is 6.10 Å². The molecule has 3 atom stereocenters. The lowest BCUT2D eigenvalue weighted by molar-refractivity contribution is -0.121. The average molecular weight is 289 g/mol. The number of aliphatic hydroxyl groups is 1. The summed E-state index contributed by atoms with van der Waals surface area (Å²) in [5.41, 5.74) is 0.841. The molecule has 21 heavy (non-hydrogen) atoms. The molecule has 0 aromatic carbocycles. The van der Waals surface area contributed by atoms with Crippen LogP contribution in [0.2, 0.25) is 0 Å². The second-order valence-electron chi connectivity index (χ2n) is 5.62. The van der Waals surface area contributed by atoms with Crippen molar-refractivity contribution in [1.29, 1.82) is 0 Å². The fraction of sp³-hybridized carbons (Fsp3) is 0.467. The van der Waals surface area contributed by atoms with Gasteiger partial charge < -0.3 is 14.8 Å². The van der Waals surface area contributed by atoms with E-state index in [-0.39, 0.29) is 18.4 Å². The van der Waals surface area contributed by atoms with E-state index >= 15 is 0 Å². The van der Waals surface area contributed by atoms with Crippen LogP contribution in [-0.2, 0) is 17.8 Å².